The third-order valence-electron chi connectivity index (χ3n) is 4.86. The average molecular weight is 443 g/mol. The fourth-order valence-corrected chi connectivity index (χ4v) is 3.35. The highest BCUT2D eigenvalue weighted by molar-refractivity contribution is 6.01. The maximum absolute atomic E-state index is 12.7. The summed E-state index contributed by atoms with van der Waals surface area (Å²) < 4.78 is 20.6. The summed E-state index contributed by atoms with van der Waals surface area (Å²) in [5.41, 5.74) is 1.37. The Balaban J connectivity index is 2.35. The van der Waals surface area contributed by atoms with Crippen LogP contribution in [0.15, 0.2) is 12.1 Å². The highest BCUT2D eigenvalue weighted by atomic mass is 16.5. The molecule has 0 aliphatic rings. The number of esters is 1. The van der Waals surface area contributed by atoms with Gasteiger partial charge in [0.1, 0.15) is 6.04 Å². The Morgan fingerprint density at radius 1 is 1.09 bits per heavy atom. The number of carbonyl (C=O) groups is 3. The van der Waals surface area contributed by atoms with Crippen LogP contribution in [0.1, 0.15) is 50.6 Å². The largest absolute Gasteiger partial charge is 0.493 e. The zero-order valence-electron chi connectivity index (χ0n) is 18.7. The SMILES string of the molecule is COC(=O)c1c(CC(=O)NC(C#N)c2cc(OC)c(OC)c(OC)c2)[nH]c(C(C)=O)c1C. The van der Waals surface area contributed by atoms with Crippen LogP contribution in [0.2, 0.25) is 0 Å². The van der Waals surface area contributed by atoms with E-state index >= 15 is 0 Å². The lowest BCUT2D eigenvalue weighted by molar-refractivity contribution is -0.120. The van der Waals surface area contributed by atoms with Crippen LogP contribution in [0.5, 0.6) is 17.2 Å². The minimum absolute atomic E-state index is 0.120. The Kier molecular flexibility index (Phi) is 7.85. The van der Waals surface area contributed by atoms with Crippen molar-refractivity contribution in [2.45, 2.75) is 26.3 Å². The van der Waals surface area contributed by atoms with Gasteiger partial charge in [-0.2, -0.15) is 5.26 Å². The molecule has 1 amide bonds. The van der Waals surface area contributed by atoms with Gasteiger partial charge < -0.3 is 29.2 Å². The zero-order valence-corrected chi connectivity index (χ0v) is 18.7. The van der Waals surface area contributed by atoms with Gasteiger partial charge in [-0.25, -0.2) is 4.79 Å². The maximum Gasteiger partial charge on any atom is 0.339 e. The first-order valence-corrected chi connectivity index (χ1v) is 9.51. The highest BCUT2D eigenvalue weighted by Gasteiger charge is 2.26. The standard InChI is InChI=1S/C22H25N3O7/c1-11-19(22(28)32-6)14(25-20(11)12(2)26)9-18(27)24-15(10-23)13-7-16(29-3)21(31-5)17(8-13)30-4/h7-8,15,25H,9H2,1-6H3,(H,24,27). The molecule has 10 heteroatoms. The van der Waals surface area contributed by atoms with Gasteiger partial charge in [0.15, 0.2) is 17.3 Å². The average Bonchev–Trinajstić information content (AvgIpc) is 3.11. The third-order valence-corrected chi connectivity index (χ3v) is 4.86. The van der Waals surface area contributed by atoms with Gasteiger partial charge in [0.25, 0.3) is 0 Å². The summed E-state index contributed by atoms with van der Waals surface area (Å²) in [6, 6.07) is 4.09. The van der Waals surface area contributed by atoms with E-state index in [4.69, 9.17) is 18.9 Å². The second kappa shape index (κ2) is 10.3. The van der Waals surface area contributed by atoms with E-state index in [9.17, 15) is 19.6 Å². The number of rotatable bonds is 9. The molecule has 1 heterocycles. The van der Waals surface area contributed by atoms with E-state index in [1.54, 1.807) is 19.1 Å². The molecule has 32 heavy (non-hydrogen) atoms. The molecule has 0 aliphatic heterocycles. The summed E-state index contributed by atoms with van der Waals surface area (Å²) >= 11 is 0. The highest BCUT2D eigenvalue weighted by Crippen LogP contribution is 2.39. The van der Waals surface area contributed by atoms with Gasteiger partial charge in [-0.1, -0.05) is 0 Å². The third kappa shape index (κ3) is 4.83. The fourth-order valence-electron chi connectivity index (χ4n) is 3.35. The molecule has 0 spiro atoms. The second-order valence-electron chi connectivity index (χ2n) is 6.79. The number of ether oxygens (including phenoxy) is 4. The van der Waals surface area contributed by atoms with Crippen LogP contribution in [-0.2, 0) is 16.0 Å². The van der Waals surface area contributed by atoms with Crippen molar-refractivity contribution in [2.75, 3.05) is 28.4 Å². The van der Waals surface area contributed by atoms with Gasteiger partial charge in [0.05, 0.1) is 52.2 Å². The van der Waals surface area contributed by atoms with Gasteiger partial charge in [0.2, 0.25) is 11.7 Å². The van der Waals surface area contributed by atoms with Crippen LogP contribution in [0.3, 0.4) is 0 Å². The summed E-state index contributed by atoms with van der Waals surface area (Å²) in [7, 11) is 5.55. The van der Waals surface area contributed by atoms with Crippen molar-refractivity contribution in [1.82, 2.24) is 10.3 Å². The number of nitriles is 1. The lowest BCUT2D eigenvalue weighted by Gasteiger charge is -2.17. The molecule has 0 fully saturated rings. The molecular formula is C22H25N3O7. The molecule has 1 unspecified atom stereocenters. The number of nitrogens with one attached hydrogen (secondary N) is 2. The molecule has 0 saturated carbocycles. The lowest BCUT2D eigenvalue weighted by Crippen LogP contribution is -2.29. The molecule has 1 aromatic heterocycles. The smallest absolute Gasteiger partial charge is 0.339 e. The quantitative estimate of drug-likeness (QED) is 0.444. The number of aromatic nitrogens is 1. The van der Waals surface area contributed by atoms with E-state index in [-0.39, 0.29) is 29.2 Å². The Morgan fingerprint density at radius 3 is 2.12 bits per heavy atom. The van der Waals surface area contributed by atoms with Crippen LogP contribution in [0, 0.1) is 18.3 Å². The fraction of sp³-hybridized carbons (Fsp3) is 0.364. The number of Topliss-reactive ketones (excluding diaryl/α,β-unsaturated/α-hetero) is 1. The second-order valence-corrected chi connectivity index (χ2v) is 6.79. The number of nitrogens with zero attached hydrogens (tertiary/aromatic N) is 1. The zero-order chi connectivity index (χ0) is 24.0. The Labute approximate surface area is 185 Å². The summed E-state index contributed by atoms with van der Waals surface area (Å²) in [5.74, 6) is -0.497. The molecule has 0 bridgehead atoms. The van der Waals surface area contributed by atoms with Crippen molar-refractivity contribution in [3.05, 3.63) is 40.2 Å². The van der Waals surface area contributed by atoms with Gasteiger partial charge in [-0.15, -0.1) is 0 Å². The molecule has 2 N–H and O–H groups in total. The van der Waals surface area contributed by atoms with Crippen molar-refractivity contribution in [2.24, 2.45) is 0 Å². The van der Waals surface area contributed by atoms with Crippen LogP contribution in [0.25, 0.3) is 0 Å². The van der Waals surface area contributed by atoms with Crippen molar-refractivity contribution in [1.29, 1.82) is 5.26 Å². The number of benzene rings is 1. The molecular weight excluding hydrogens is 418 g/mol. The molecule has 170 valence electrons. The molecule has 1 atom stereocenters. The van der Waals surface area contributed by atoms with E-state index in [1.165, 1.54) is 35.4 Å². The topological polar surface area (TPSA) is 140 Å². The number of H-pyrrole nitrogens is 1. The monoisotopic (exact) mass is 443 g/mol. The Hall–Kier alpha value is -4.00. The number of hydrogen-bond acceptors (Lipinski definition) is 8. The summed E-state index contributed by atoms with van der Waals surface area (Å²) in [4.78, 5) is 39.6. The summed E-state index contributed by atoms with van der Waals surface area (Å²) in [6.07, 6.45) is -0.277. The van der Waals surface area contributed by atoms with Crippen molar-refractivity contribution < 1.29 is 33.3 Å². The molecule has 2 aromatic rings. The molecule has 10 nitrogen and oxygen atoms in total. The maximum atomic E-state index is 12.7. The van der Waals surface area contributed by atoms with E-state index < -0.39 is 17.9 Å². The van der Waals surface area contributed by atoms with Gasteiger partial charge >= 0.3 is 5.97 Å². The first-order chi connectivity index (χ1) is 15.2. The van der Waals surface area contributed by atoms with Crippen LogP contribution < -0.4 is 19.5 Å². The van der Waals surface area contributed by atoms with Crippen LogP contribution in [-0.4, -0.2) is 51.1 Å². The molecule has 0 radical (unpaired) electrons. The summed E-state index contributed by atoms with van der Waals surface area (Å²) in [6.45, 7) is 2.94. The van der Waals surface area contributed by atoms with E-state index in [1.807, 2.05) is 6.07 Å². The molecule has 0 aliphatic carbocycles. The number of carbonyl (C=O) groups excluding carboxylic acids is 3. The lowest BCUT2D eigenvalue weighted by atomic mass is 10.0. The van der Waals surface area contributed by atoms with E-state index in [2.05, 4.69) is 10.3 Å². The first-order valence-electron chi connectivity index (χ1n) is 9.51. The van der Waals surface area contributed by atoms with E-state index in [0.717, 1.165) is 0 Å². The van der Waals surface area contributed by atoms with Crippen molar-refractivity contribution >= 4 is 17.7 Å². The minimum atomic E-state index is -1.04. The minimum Gasteiger partial charge on any atom is -0.493 e. The van der Waals surface area contributed by atoms with E-state index in [0.29, 0.717) is 28.4 Å². The normalized spacial score (nSPS) is 11.2. The first kappa shape index (κ1) is 24.3. The van der Waals surface area contributed by atoms with Gasteiger partial charge in [0, 0.05) is 12.6 Å². The predicted octanol–water partition coefficient (Wildman–Crippen LogP) is 2.26. The Morgan fingerprint density at radius 2 is 1.69 bits per heavy atom. The van der Waals surface area contributed by atoms with Crippen LogP contribution >= 0.6 is 0 Å². The number of ketones is 1. The summed E-state index contributed by atoms with van der Waals surface area (Å²) in [5, 5.41) is 12.3. The number of methoxy groups -OCH3 is 4. The predicted molar refractivity (Wildman–Crippen MR) is 113 cm³/mol. The number of hydrogen-bond donors (Lipinski definition) is 2. The van der Waals surface area contributed by atoms with Gasteiger partial charge in [-0.05, 0) is 30.2 Å². The number of aromatic amines is 1. The van der Waals surface area contributed by atoms with Crippen molar-refractivity contribution in [3.8, 4) is 23.3 Å². The van der Waals surface area contributed by atoms with Crippen molar-refractivity contribution in [3.63, 3.8) is 0 Å². The molecule has 1 aromatic carbocycles. The number of amides is 1. The van der Waals surface area contributed by atoms with Gasteiger partial charge in [-0.3, -0.25) is 9.59 Å². The molecule has 2 rings (SSSR count). The molecule has 0 saturated heterocycles. The Bertz CT molecular complexity index is 1060. The van der Waals surface area contributed by atoms with Crippen LogP contribution in [0.4, 0.5) is 0 Å².